The average Bonchev–Trinajstić information content (AvgIpc) is 3.52. The van der Waals surface area contributed by atoms with Crippen LogP contribution >= 0.6 is 0 Å². The van der Waals surface area contributed by atoms with Crippen LogP contribution in [-0.4, -0.2) is 24.5 Å². The van der Waals surface area contributed by atoms with Crippen molar-refractivity contribution in [1.29, 1.82) is 0 Å². The summed E-state index contributed by atoms with van der Waals surface area (Å²) in [6.45, 7) is 0. The second-order valence-corrected chi connectivity index (χ2v) is 12.0. The largest absolute Gasteiger partial charge is 0.309 e. The van der Waals surface area contributed by atoms with E-state index in [1.54, 1.807) is 12.4 Å². The van der Waals surface area contributed by atoms with Crippen LogP contribution in [-0.2, 0) is 0 Å². The van der Waals surface area contributed by atoms with Crippen LogP contribution in [0.1, 0.15) is 0 Å². The Hall–Kier alpha value is -6.72. The summed E-state index contributed by atoms with van der Waals surface area (Å²) >= 11 is 0. The zero-order chi connectivity index (χ0) is 32.6. The van der Waals surface area contributed by atoms with Gasteiger partial charge in [-0.25, -0.2) is 9.97 Å². The quantitative estimate of drug-likeness (QED) is 0.184. The van der Waals surface area contributed by atoms with Gasteiger partial charge < -0.3 is 4.57 Å². The Morgan fingerprint density at radius 1 is 0.327 bits per heavy atom. The van der Waals surface area contributed by atoms with E-state index >= 15 is 0 Å². The number of para-hydroxylation sites is 2. The van der Waals surface area contributed by atoms with E-state index in [9.17, 15) is 0 Å². The molecule has 4 aromatic carbocycles. The van der Waals surface area contributed by atoms with Crippen LogP contribution in [0, 0.1) is 0 Å². The van der Waals surface area contributed by atoms with Gasteiger partial charge in [-0.3, -0.25) is 9.97 Å². The summed E-state index contributed by atoms with van der Waals surface area (Å²) in [6, 6.07) is 56.6. The zero-order valence-corrected chi connectivity index (χ0v) is 26.5. The molecule has 5 heterocycles. The van der Waals surface area contributed by atoms with Crippen LogP contribution in [0.5, 0.6) is 0 Å². The summed E-state index contributed by atoms with van der Waals surface area (Å²) in [6.07, 6.45) is 3.57. The van der Waals surface area contributed by atoms with Gasteiger partial charge in [0.25, 0.3) is 0 Å². The predicted octanol–water partition coefficient (Wildman–Crippen LogP) is 10.7. The van der Waals surface area contributed by atoms with Crippen LogP contribution in [0.25, 0.3) is 83.9 Å². The van der Waals surface area contributed by atoms with Crippen molar-refractivity contribution in [2.45, 2.75) is 0 Å². The van der Waals surface area contributed by atoms with Crippen molar-refractivity contribution in [1.82, 2.24) is 24.5 Å². The molecule has 0 unspecified atom stereocenters. The van der Waals surface area contributed by atoms with Crippen molar-refractivity contribution in [2.24, 2.45) is 0 Å². The molecule has 0 saturated heterocycles. The molecule has 5 aromatic heterocycles. The average molecular weight is 628 g/mol. The highest BCUT2D eigenvalue weighted by atomic mass is 15.0. The fourth-order valence-electron chi connectivity index (χ4n) is 6.59. The van der Waals surface area contributed by atoms with Gasteiger partial charge in [0, 0.05) is 40.0 Å². The maximum Gasteiger partial charge on any atom is 0.0901 e. The molecule has 0 atom stereocenters. The number of fused-ring (bicyclic) bond motifs is 3. The summed E-state index contributed by atoms with van der Waals surface area (Å²) < 4.78 is 2.35. The van der Waals surface area contributed by atoms with Gasteiger partial charge >= 0.3 is 0 Å². The molecule has 9 rings (SSSR count). The molecule has 0 bridgehead atoms. The van der Waals surface area contributed by atoms with Crippen LogP contribution in [0.3, 0.4) is 0 Å². The van der Waals surface area contributed by atoms with Crippen molar-refractivity contribution >= 4 is 21.8 Å². The highest BCUT2D eigenvalue weighted by Gasteiger charge is 2.15. The summed E-state index contributed by atoms with van der Waals surface area (Å²) in [4.78, 5) is 19.2. The van der Waals surface area contributed by atoms with Gasteiger partial charge in [-0.1, -0.05) is 78.9 Å². The minimum absolute atomic E-state index is 0.775. The van der Waals surface area contributed by atoms with Gasteiger partial charge in [0.05, 0.1) is 45.2 Å². The lowest BCUT2D eigenvalue weighted by Gasteiger charge is -2.11. The number of hydrogen-bond acceptors (Lipinski definition) is 4. The van der Waals surface area contributed by atoms with Crippen LogP contribution in [0.15, 0.2) is 176 Å². The van der Waals surface area contributed by atoms with E-state index in [4.69, 9.17) is 9.97 Å². The van der Waals surface area contributed by atoms with E-state index in [1.165, 1.54) is 21.8 Å². The maximum absolute atomic E-state index is 5.17. The second kappa shape index (κ2) is 12.1. The van der Waals surface area contributed by atoms with Crippen molar-refractivity contribution < 1.29 is 0 Å². The number of aromatic nitrogens is 5. The summed E-state index contributed by atoms with van der Waals surface area (Å²) in [7, 11) is 0. The predicted molar refractivity (Wildman–Crippen MR) is 199 cm³/mol. The molecule has 0 aliphatic rings. The molecule has 0 spiro atoms. The summed E-state index contributed by atoms with van der Waals surface area (Å²) in [5, 5.41) is 2.47. The van der Waals surface area contributed by atoms with Crippen molar-refractivity contribution in [3.8, 4) is 62.1 Å². The lowest BCUT2D eigenvalue weighted by atomic mass is 9.99. The number of nitrogens with zero attached hydrogens (tertiary/aromatic N) is 5. The smallest absolute Gasteiger partial charge is 0.0901 e. The molecular weight excluding hydrogens is 599 g/mol. The van der Waals surface area contributed by atoms with E-state index in [-0.39, 0.29) is 0 Å². The van der Waals surface area contributed by atoms with Crippen molar-refractivity contribution in [3.05, 3.63) is 176 Å². The Bertz CT molecular complexity index is 2540. The van der Waals surface area contributed by atoms with E-state index in [0.29, 0.717) is 0 Å². The number of hydrogen-bond donors (Lipinski definition) is 0. The van der Waals surface area contributed by atoms with Gasteiger partial charge in [-0.05, 0) is 96.1 Å². The minimum Gasteiger partial charge on any atom is -0.309 e. The Kier molecular flexibility index (Phi) is 7.06. The third-order valence-corrected chi connectivity index (χ3v) is 8.90. The fourth-order valence-corrected chi connectivity index (χ4v) is 6.59. The van der Waals surface area contributed by atoms with Crippen LogP contribution < -0.4 is 0 Å². The summed E-state index contributed by atoms with van der Waals surface area (Å²) in [5.74, 6) is 0. The Balaban J connectivity index is 1.12. The molecule has 49 heavy (non-hydrogen) atoms. The van der Waals surface area contributed by atoms with Gasteiger partial charge in [0.15, 0.2) is 0 Å². The molecular formula is C44H29N5. The molecule has 0 fully saturated rings. The Morgan fingerprint density at radius 2 is 0.898 bits per heavy atom. The number of pyridine rings is 4. The molecule has 9 aromatic rings. The van der Waals surface area contributed by atoms with Crippen LogP contribution in [0.2, 0.25) is 0 Å². The third kappa shape index (κ3) is 5.33. The second-order valence-electron chi connectivity index (χ2n) is 12.0. The monoisotopic (exact) mass is 627 g/mol. The fraction of sp³-hybridized carbons (Fsp3) is 0. The molecule has 0 radical (unpaired) electrons. The number of benzene rings is 4. The van der Waals surface area contributed by atoms with Gasteiger partial charge in [0.1, 0.15) is 0 Å². The first-order valence-electron chi connectivity index (χ1n) is 16.3. The van der Waals surface area contributed by atoms with Gasteiger partial charge in [-0.15, -0.1) is 0 Å². The third-order valence-electron chi connectivity index (χ3n) is 8.90. The lowest BCUT2D eigenvalue weighted by molar-refractivity contribution is 1.18. The summed E-state index contributed by atoms with van der Waals surface area (Å²) in [5.41, 5.74) is 12.8. The van der Waals surface area contributed by atoms with Gasteiger partial charge in [-0.2, -0.15) is 0 Å². The molecule has 230 valence electrons. The number of rotatable bonds is 6. The Morgan fingerprint density at radius 3 is 1.63 bits per heavy atom. The van der Waals surface area contributed by atoms with E-state index < -0.39 is 0 Å². The molecule has 0 amide bonds. The topological polar surface area (TPSA) is 56.5 Å². The van der Waals surface area contributed by atoms with Gasteiger partial charge in [0.2, 0.25) is 0 Å². The molecule has 5 heteroatoms. The van der Waals surface area contributed by atoms with Crippen molar-refractivity contribution in [3.63, 3.8) is 0 Å². The first kappa shape index (κ1) is 28.5. The molecule has 0 N–H and O–H groups in total. The standard InChI is InChI=1S/C44H29N5/c1-2-14-34(15-3-1)49-43-21-5-4-16-35(43)36-27-31(22-23-44(36)49)30-12-10-13-32(26-30)37-19-11-20-38(47-37)33-28-41(39-17-6-8-24-45-39)48-42(29-33)40-18-7-9-25-46-40/h1-29H. The van der Waals surface area contributed by atoms with E-state index in [0.717, 1.165) is 62.1 Å². The molecule has 5 nitrogen and oxygen atoms in total. The highest BCUT2D eigenvalue weighted by molar-refractivity contribution is 6.10. The van der Waals surface area contributed by atoms with E-state index in [1.807, 2.05) is 42.5 Å². The zero-order valence-electron chi connectivity index (χ0n) is 26.5. The highest BCUT2D eigenvalue weighted by Crippen LogP contribution is 2.36. The SMILES string of the molecule is c1ccc(-n2c3ccccc3c3cc(-c4cccc(-c5cccc(-c6cc(-c7ccccn7)nc(-c7ccccn7)c6)n5)c4)ccc32)cc1. The first-order valence-corrected chi connectivity index (χ1v) is 16.3. The lowest BCUT2D eigenvalue weighted by Crippen LogP contribution is -1.95. The molecule has 0 saturated carbocycles. The van der Waals surface area contributed by atoms with E-state index in [2.05, 4.69) is 136 Å². The van der Waals surface area contributed by atoms with Crippen LogP contribution in [0.4, 0.5) is 0 Å². The maximum atomic E-state index is 5.17. The minimum atomic E-state index is 0.775. The molecule has 0 aliphatic heterocycles. The van der Waals surface area contributed by atoms with Crippen molar-refractivity contribution in [2.75, 3.05) is 0 Å². The molecule has 0 aliphatic carbocycles. The Labute approximate surface area is 283 Å². The first-order chi connectivity index (χ1) is 24.3. The normalized spacial score (nSPS) is 11.3.